The maximum absolute atomic E-state index is 15.3. The van der Waals surface area contributed by atoms with Gasteiger partial charge >= 0.3 is 0 Å². The minimum atomic E-state index is -0.495. The highest BCUT2D eigenvalue weighted by Gasteiger charge is 2.50. The largest absolute Gasteiger partial charge is 0.487 e. The zero-order valence-corrected chi connectivity index (χ0v) is 16.1. The second kappa shape index (κ2) is 5.80. The zero-order valence-electron chi connectivity index (χ0n) is 16.1. The van der Waals surface area contributed by atoms with Gasteiger partial charge in [0.05, 0.1) is 22.5 Å². The topological polar surface area (TPSA) is 77.6 Å². The van der Waals surface area contributed by atoms with Crippen molar-refractivity contribution in [3.05, 3.63) is 33.9 Å². The van der Waals surface area contributed by atoms with Crippen molar-refractivity contribution in [2.75, 3.05) is 24.6 Å². The van der Waals surface area contributed by atoms with Crippen molar-refractivity contribution in [1.82, 2.24) is 4.57 Å². The molecule has 28 heavy (non-hydrogen) atoms. The average molecular weight is 385 g/mol. The van der Waals surface area contributed by atoms with E-state index in [1.54, 1.807) is 6.20 Å². The molecule has 0 radical (unpaired) electrons. The Labute approximate surface area is 162 Å². The number of aromatic nitrogens is 1. The summed E-state index contributed by atoms with van der Waals surface area (Å²) < 4.78 is 23.1. The van der Waals surface area contributed by atoms with Crippen LogP contribution in [0.25, 0.3) is 10.9 Å². The molecule has 148 valence electrons. The second-order valence-electron chi connectivity index (χ2n) is 8.63. The summed E-state index contributed by atoms with van der Waals surface area (Å²) in [6.45, 7) is 4.94. The third-order valence-corrected chi connectivity index (χ3v) is 6.90. The van der Waals surface area contributed by atoms with E-state index in [2.05, 4.69) is 0 Å². The summed E-state index contributed by atoms with van der Waals surface area (Å²) >= 11 is 0. The number of rotatable bonds is 2. The van der Waals surface area contributed by atoms with Crippen molar-refractivity contribution in [2.24, 2.45) is 11.1 Å². The smallest absolute Gasteiger partial charge is 0.200 e. The van der Waals surface area contributed by atoms with Gasteiger partial charge < -0.3 is 19.9 Å². The van der Waals surface area contributed by atoms with Crippen LogP contribution in [0.15, 0.2) is 17.1 Å². The van der Waals surface area contributed by atoms with Crippen LogP contribution in [0.5, 0.6) is 5.75 Å². The standard InChI is InChI=1S/C21H24FN3O3/c1-11-9-28-20-17-13(19(27)14(12(2)26)7-25(11)17)6-15(22)18(20)24-8-16(23)21(10-24)4-3-5-21/h6-7,11,16H,3-5,8-10,23H2,1-2H3. The van der Waals surface area contributed by atoms with Crippen molar-refractivity contribution in [3.63, 3.8) is 0 Å². The van der Waals surface area contributed by atoms with E-state index in [-0.39, 0.29) is 34.2 Å². The number of halogens is 1. The lowest BCUT2D eigenvalue weighted by molar-refractivity contribution is 0.101. The Kier molecular flexibility index (Phi) is 3.66. The van der Waals surface area contributed by atoms with Gasteiger partial charge in [-0.2, -0.15) is 0 Å². The predicted molar refractivity (Wildman–Crippen MR) is 105 cm³/mol. The van der Waals surface area contributed by atoms with Gasteiger partial charge in [0.1, 0.15) is 12.3 Å². The van der Waals surface area contributed by atoms with E-state index in [0.717, 1.165) is 19.3 Å². The number of carbonyl (C=O) groups excluding carboxylic acids is 1. The van der Waals surface area contributed by atoms with Gasteiger partial charge in [0.15, 0.2) is 22.8 Å². The van der Waals surface area contributed by atoms with Gasteiger partial charge in [0.2, 0.25) is 0 Å². The van der Waals surface area contributed by atoms with Gasteiger partial charge in [-0.05, 0) is 32.8 Å². The predicted octanol–water partition coefficient (Wildman–Crippen LogP) is 2.61. The fourth-order valence-corrected chi connectivity index (χ4v) is 5.08. The molecule has 2 N–H and O–H groups in total. The number of anilines is 1. The van der Waals surface area contributed by atoms with Gasteiger partial charge in [-0.15, -0.1) is 0 Å². The Morgan fingerprint density at radius 1 is 1.39 bits per heavy atom. The molecule has 3 heterocycles. The van der Waals surface area contributed by atoms with Crippen LogP contribution in [0.2, 0.25) is 0 Å². The van der Waals surface area contributed by atoms with Crippen LogP contribution in [-0.4, -0.2) is 36.1 Å². The molecule has 2 fully saturated rings. The van der Waals surface area contributed by atoms with E-state index in [0.29, 0.717) is 36.6 Å². The Balaban J connectivity index is 1.75. The molecule has 1 aromatic carbocycles. The molecule has 1 spiro atoms. The first-order valence-electron chi connectivity index (χ1n) is 9.88. The Bertz CT molecular complexity index is 1070. The first kappa shape index (κ1) is 17.7. The minimum Gasteiger partial charge on any atom is -0.487 e. The van der Waals surface area contributed by atoms with Crippen molar-refractivity contribution in [1.29, 1.82) is 0 Å². The Hall–Kier alpha value is -2.41. The number of benzene rings is 1. The lowest BCUT2D eigenvalue weighted by Crippen LogP contribution is -2.45. The highest BCUT2D eigenvalue weighted by molar-refractivity contribution is 6.00. The van der Waals surface area contributed by atoms with Crippen LogP contribution >= 0.6 is 0 Å². The summed E-state index contributed by atoms with van der Waals surface area (Å²) in [5.74, 6) is -0.424. The van der Waals surface area contributed by atoms with Crippen LogP contribution in [0.4, 0.5) is 10.1 Å². The summed E-state index contributed by atoms with van der Waals surface area (Å²) in [6, 6.07) is 1.21. The lowest BCUT2D eigenvalue weighted by Gasteiger charge is -2.41. The number of hydrogen-bond donors (Lipinski definition) is 1. The molecule has 5 rings (SSSR count). The zero-order chi connectivity index (χ0) is 19.8. The van der Waals surface area contributed by atoms with Crippen LogP contribution < -0.4 is 20.8 Å². The van der Waals surface area contributed by atoms with Crippen LogP contribution in [-0.2, 0) is 0 Å². The second-order valence-corrected chi connectivity index (χ2v) is 8.63. The fraction of sp³-hybridized carbons (Fsp3) is 0.524. The third-order valence-electron chi connectivity index (χ3n) is 6.90. The molecule has 1 aliphatic carbocycles. The molecule has 1 saturated heterocycles. The van der Waals surface area contributed by atoms with Crippen molar-refractivity contribution in [2.45, 2.75) is 45.2 Å². The number of hydrogen-bond acceptors (Lipinski definition) is 5. The highest BCUT2D eigenvalue weighted by Crippen LogP contribution is 2.51. The summed E-state index contributed by atoms with van der Waals surface area (Å²) in [7, 11) is 0. The quantitative estimate of drug-likeness (QED) is 0.804. The molecule has 2 unspecified atom stereocenters. The van der Waals surface area contributed by atoms with Crippen LogP contribution in [0, 0.1) is 11.2 Å². The Morgan fingerprint density at radius 3 is 2.75 bits per heavy atom. The first-order valence-corrected chi connectivity index (χ1v) is 9.88. The normalized spacial score (nSPS) is 25.1. The number of pyridine rings is 1. The Morgan fingerprint density at radius 2 is 2.14 bits per heavy atom. The number of carbonyl (C=O) groups is 1. The molecule has 0 amide bonds. The summed E-state index contributed by atoms with van der Waals surface area (Å²) in [6.07, 6.45) is 4.89. The summed E-state index contributed by atoms with van der Waals surface area (Å²) in [4.78, 5) is 26.7. The number of Topliss-reactive ketones (excluding diaryl/α,β-unsaturated/α-hetero) is 1. The van der Waals surface area contributed by atoms with Gasteiger partial charge in [0, 0.05) is 30.7 Å². The molecular weight excluding hydrogens is 361 g/mol. The van der Waals surface area contributed by atoms with E-state index in [1.165, 1.54) is 13.0 Å². The molecule has 2 atom stereocenters. The van der Waals surface area contributed by atoms with Crippen LogP contribution in [0.3, 0.4) is 0 Å². The SMILES string of the molecule is CC(=O)c1cn2c3c(c(N4CC(N)C5(CCC5)C4)c(F)cc3c1=O)OCC2C. The van der Waals surface area contributed by atoms with Gasteiger partial charge in [0.25, 0.3) is 0 Å². The van der Waals surface area contributed by atoms with E-state index in [9.17, 15) is 9.59 Å². The fourth-order valence-electron chi connectivity index (χ4n) is 5.08. The van der Waals surface area contributed by atoms with E-state index < -0.39 is 11.2 Å². The van der Waals surface area contributed by atoms with Gasteiger partial charge in [-0.25, -0.2) is 4.39 Å². The average Bonchev–Trinajstić information content (AvgIpc) is 2.96. The number of nitrogens with zero attached hydrogens (tertiary/aromatic N) is 2. The maximum Gasteiger partial charge on any atom is 0.200 e. The summed E-state index contributed by atoms with van der Waals surface area (Å²) in [5.41, 5.74) is 7.05. The van der Waals surface area contributed by atoms with Crippen LogP contribution in [0.1, 0.15) is 49.5 Å². The minimum absolute atomic E-state index is 0.00772. The third kappa shape index (κ3) is 2.22. The van der Waals surface area contributed by atoms with E-state index >= 15 is 4.39 Å². The van der Waals surface area contributed by atoms with Crippen molar-refractivity contribution >= 4 is 22.4 Å². The number of ketones is 1. The lowest BCUT2D eigenvalue weighted by atomic mass is 9.66. The number of nitrogens with two attached hydrogens (primary N) is 1. The molecule has 1 saturated carbocycles. The molecular formula is C21H24FN3O3. The maximum atomic E-state index is 15.3. The summed E-state index contributed by atoms with van der Waals surface area (Å²) in [5, 5.41) is 0.192. The van der Waals surface area contributed by atoms with Crippen molar-refractivity contribution in [3.8, 4) is 5.75 Å². The van der Waals surface area contributed by atoms with Crippen molar-refractivity contribution < 1.29 is 13.9 Å². The molecule has 6 nitrogen and oxygen atoms in total. The number of ether oxygens (including phenoxy) is 1. The molecule has 2 aromatic rings. The molecule has 7 heteroatoms. The molecule has 2 aliphatic heterocycles. The molecule has 0 bridgehead atoms. The van der Waals surface area contributed by atoms with E-state index in [1.807, 2.05) is 16.4 Å². The highest BCUT2D eigenvalue weighted by atomic mass is 19.1. The molecule has 3 aliphatic rings. The molecule has 1 aromatic heterocycles. The monoisotopic (exact) mass is 385 g/mol. The first-order chi connectivity index (χ1) is 13.3. The van der Waals surface area contributed by atoms with Gasteiger partial charge in [-0.1, -0.05) is 6.42 Å². The van der Waals surface area contributed by atoms with E-state index in [4.69, 9.17) is 10.5 Å². The van der Waals surface area contributed by atoms with Gasteiger partial charge in [-0.3, -0.25) is 9.59 Å².